The van der Waals surface area contributed by atoms with E-state index < -0.39 is 0 Å². The summed E-state index contributed by atoms with van der Waals surface area (Å²) >= 11 is 1.82. The molecule has 0 spiro atoms. The van der Waals surface area contributed by atoms with Gasteiger partial charge in [0.05, 0.1) is 5.58 Å². The Bertz CT molecular complexity index is 2510. The van der Waals surface area contributed by atoms with Gasteiger partial charge in [0, 0.05) is 53.0 Å². The Labute approximate surface area is 319 Å². The van der Waals surface area contributed by atoms with Crippen LogP contribution in [0.2, 0.25) is 0 Å². The van der Waals surface area contributed by atoms with Crippen molar-refractivity contribution in [3.63, 3.8) is 0 Å². The summed E-state index contributed by atoms with van der Waals surface area (Å²) in [4.78, 5) is 10.7. The molecule has 8 aromatic rings. The third-order valence-electron chi connectivity index (χ3n) is 9.53. The molecule has 0 atom stereocenters. The predicted octanol–water partition coefficient (Wildman–Crippen LogP) is 13.0. The monoisotopic (exact) mass is 863 g/mol. The van der Waals surface area contributed by atoms with Crippen LogP contribution in [-0.2, 0) is 25.5 Å². The van der Waals surface area contributed by atoms with E-state index in [1.807, 2.05) is 35.9 Å². The predicted molar refractivity (Wildman–Crippen MR) is 212 cm³/mol. The van der Waals surface area contributed by atoms with Crippen molar-refractivity contribution in [1.29, 1.82) is 0 Å². The number of furan rings is 1. The molecule has 0 bridgehead atoms. The van der Waals surface area contributed by atoms with Gasteiger partial charge in [-0.15, -0.1) is 64.9 Å². The van der Waals surface area contributed by atoms with E-state index in [4.69, 9.17) is 9.40 Å². The average molecular weight is 863 g/mol. The molecule has 0 fully saturated rings. The van der Waals surface area contributed by atoms with Crippen LogP contribution in [-0.4, -0.2) is 9.97 Å². The fourth-order valence-corrected chi connectivity index (χ4v) is 7.63. The van der Waals surface area contributed by atoms with Crippen molar-refractivity contribution in [2.45, 2.75) is 67.7 Å². The van der Waals surface area contributed by atoms with Crippen LogP contribution in [0, 0.1) is 53.7 Å². The van der Waals surface area contributed by atoms with Crippen LogP contribution in [0.1, 0.15) is 59.0 Å². The number of benzene rings is 4. The van der Waals surface area contributed by atoms with Gasteiger partial charge in [0.2, 0.25) is 0 Å². The van der Waals surface area contributed by atoms with Gasteiger partial charge in [0.15, 0.2) is 0 Å². The minimum Gasteiger partial charge on any atom is -0.501 e. The first-order valence-electron chi connectivity index (χ1n) is 17.1. The summed E-state index contributed by atoms with van der Waals surface area (Å²) in [6.07, 6.45) is 3.96. The molecule has 3 nitrogen and oxygen atoms in total. The van der Waals surface area contributed by atoms with E-state index in [2.05, 4.69) is 146 Å². The van der Waals surface area contributed by atoms with E-state index in [0.29, 0.717) is 0 Å². The third-order valence-corrected chi connectivity index (χ3v) is 10.5. The molecule has 0 saturated heterocycles. The van der Waals surface area contributed by atoms with Crippen LogP contribution in [0.25, 0.3) is 65.7 Å². The molecule has 0 N–H and O–H groups in total. The van der Waals surface area contributed by atoms with E-state index in [0.717, 1.165) is 44.5 Å². The summed E-state index contributed by atoms with van der Waals surface area (Å²) < 4.78 is 7.76. The van der Waals surface area contributed by atoms with Crippen molar-refractivity contribution in [2.24, 2.45) is 0 Å². The van der Waals surface area contributed by atoms with Crippen LogP contribution in [0.4, 0.5) is 0 Å². The second-order valence-electron chi connectivity index (χ2n) is 14.5. The minimum atomic E-state index is -0.0499. The normalized spacial score (nSPS) is 11.5. The molecule has 0 unspecified atom stereocenters. The molecule has 0 aliphatic rings. The molecule has 5 heteroatoms. The van der Waals surface area contributed by atoms with Gasteiger partial charge in [-0.05, 0) is 103 Å². The first-order chi connectivity index (χ1) is 23.9. The SMILES string of the molecule is Cc1c[c-]c(-c2cc(C)c(C)cn2)cc1.Cc1cc2cc3oc4c(-c5cc(C(C)(C)C)c(-c6c(C)cccc6C)cn5)[c-]ccc4c3cc2s1.[Ir]. The number of fused-ring (bicyclic) bond motifs is 4. The van der Waals surface area contributed by atoms with Crippen molar-refractivity contribution < 1.29 is 24.5 Å². The summed E-state index contributed by atoms with van der Waals surface area (Å²) in [5, 5.41) is 3.49. The molecule has 0 amide bonds. The number of rotatable bonds is 3. The van der Waals surface area contributed by atoms with Gasteiger partial charge >= 0.3 is 0 Å². The Kier molecular flexibility index (Phi) is 10.2. The number of hydrogen-bond donors (Lipinski definition) is 0. The van der Waals surface area contributed by atoms with Crippen molar-refractivity contribution in [3.05, 3.63) is 142 Å². The van der Waals surface area contributed by atoms with E-state index in [1.165, 1.54) is 59.5 Å². The maximum atomic E-state index is 6.47. The number of hydrogen-bond acceptors (Lipinski definition) is 4. The van der Waals surface area contributed by atoms with Gasteiger partial charge in [-0.25, -0.2) is 0 Å². The van der Waals surface area contributed by atoms with Crippen molar-refractivity contribution >= 4 is 43.4 Å². The smallest absolute Gasteiger partial charge is 0.121 e. The Balaban J connectivity index is 0.000000236. The quantitative estimate of drug-likeness (QED) is 0.166. The maximum Gasteiger partial charge on any atom is 0.121 e. The molecular formula is C46H42IrN2OS-2. The summed E-state index contributed by atoms with van der Waals surface area (Å²) in [7, 11) is 0. The van der Waals surface area contributed by atoms with Crippen LogP contribution in [0.15, 0.2) is 95.7 Å². The number of thiophene rings is 1. The summed E-state index contributed by atoms with van der Waals surface area (Å²) in [5.41, 5.74) is 15.6. The van der Waals surface area contributed by atoms with Gasteiger partial charge in [-0.2, -0.15) is 0 Å². The zero-order valence-corrected chi connectivity index (χ0v) is 33.9. The molecule has 4 aromatic carbocycles. The Hall–Kier alpha value is -4.41. The maximum absolute atomic E-state index is 6.47. The largest absolute Gasteiger partial charge is 0.501 e. The third kappa shape index (κ3) is 7.21. The number of nitrogens with zero attached hydrogens (tertiary/aromatic N) is 2. The molecule has 4 heterocycles. The van der Waals surface area contributed by atoms with E-state index in [-0.39, 0.29) is 25.5 Å². The Morgan fingerprint density at radius 2 is 1.45 bits per heavy atom. The molecule has 0 aliphatic heterocycles. The second kappa shape index (κ2) is 14.3. The number of aromatic nitrogens is 2. The molecule has 4 aromatic heterocycles. The minimum absolute atomic E-state index is 0. The molecule has 1 radical (unpaired) electrons. The first-order valence-corrected chi connectivity index (χ1v) is 18.0. The van der Waals surface area contributed by atoms with E-state index >= 15 is 0 Å². The van der Waals surface area contributed by atoms with E-state index in [9.17, 15) is 0 Å². The van der Waals surface area contributed by atoms with Gasteiger partial charge in [-0.3, -0.25) is 0 Å². The van der Waals surface area contributed by atoms with Crippen molar-refractivity contribution in [2.75, 3.05) is 0 Å². The Morgan fingerprint density at radius 1 is 0.706 bits per heavy atom. The zero-order chi connectivity index (χ0) is 35.3. The van der Waals surface area contributed by atoms with Crippen LogP contribution in [0.5, 0.6) is 0 Å². The Morgan fingerprint density at radius 3 is 2.14 bits per heavy atom. The van der Waals surface area contributed by atoms with Crippen molar-refractivity contribution in [3.8, 4) is 33.6 Å². The number of aryl methyl sites for hydroxylation is 6. The summed E-state index contributed by atoms with van der Waals surface area (Å²) in [6.45, 7) is 19.6. The van der Waals surface area contributed by atoms with Crippen LogP contribution >= 0.6 is 11.3 Å². The molecule has 259 valence electrons. The van der Waals surface area contributed by atoms with Gasteiger partial charge in [0.25, 0.3) is 0 Å². The fraction of sp³-hybridized carbons (Fsp3) is 0.217. The molecular weight excluding hydrogens is 821 g/mol. The summed E-state index contributed by atoms with van der Waals surface area (Å²) in [6, 6.07) is 34.4. The molecule has 0 saturated carbocycles. The zero-order valence-electron chi connectivity index (χ0n) is 30.7. The van der Waals surface area contributed by atoms with Crippen LogP contribution in [0.3, 0.4) is 0 Å². The van der Waals surface area contributed by atoms with Gasteiger partial charge < -0.3 is 14.4 Å². The summed E-state index contributed by atoms with van der Waals surface area (Å²) in [5.74, 6) is 0. The fourth-order valence-electron chi connectivity index (χ4n) is 6.68. The first kappa shape index (κ1) is 36.4. The average Bonchev–Trinajstić information content (AvgIpc) is 3.63. The topological polar surface area (TPSA) is 38.9 Å². The van der Waals surface area contributed by atoms with Crippen molar-refractivity contribution in [1.82, 2.24) is 9.97 Å². The van der Waals surface area contributed by atoms with Crippen LogP contribution < -0.4 is 0 Å². The van der Waals surface area contributed by atoms with Gasteiger partial charge in [0.1, 0.15) is 5.58 Å². The van der Waals surface area contributed by atoms with E-state index in [1.54, 1.807) is 0 Å². The molecule has 0 aliphatic carbocycles. The molecule has 51 heavy (non-hydrogen) atoms. The van der Waals surface area contributed by atoms with Gasteiger partial charge in [-0.1, -0.05) is 74.5 Å². The standard InChI is InChI=1S/C32H28NOS.C14H14N.Ir/c1-18-9-7-10-19(2)30(18)25-17-33-27(16-26(25)32(4,5)6)23-12-8-11-22-24-15-29-21(13-20(3)35-29)14-28(24)34-31(22)23;1-10-4-6-13(7-5-10)14-8-11(2)12(3)9-15-14;/h7-11,13-17H,1-6H3;4-6,8-9H,1-3H3;/q2*-1;. The second-order valence-corrected chi connectivity index (χ2v) is 15.8. The number of pyridine rings is 2. The molecule has 8 rings (SSSR count).